The van der Waals surface area contributed by atoms with Crippen LogP contribution < -0.4 is 9.62 Å². The van der Waals surface area contributed by atoms with Gasteiger partial charge in [0.05, 0.1) is 10.5 Å². The fraction of sp³-hybridized carbons (Fsp3) is 0.423. The van der Waals surface area contributed by atoms with Crippen LogP contribution in [-0.2, 0) is 17.8 Å². The second-order valence-electron chi connectivity index (χ2n) is 10.5. The molecular weight excluding hydrogens is 533 g/mol. The van der Waals surface area contributed by atoms with Crippen LogP contribution in [0.5, 0.6) is 0 Å². The molecule has 0 fully saturated rings. The molecule has 0 unspecified atom stereocenters. The highest BCUT2D eigenvalue weighted by Gasteiger charge is 2.26. The van der Waals surface area contributed by atoms with E-state index in [1.54, 1.807) is 50.0 Å². The minimum atomic E-state index is -0.664. The third-order valence-corrected chi connectivity index (χ3v) is 7.22. The summed E-state index contributed by atoms with van der Waals surface area (Å²) >= 11 is 9.01. The maximum absolute atomic E-state index is 14.8. The summed E-state index contributed by atoms with van der Waals surface area (Å²) in [6.45, 7) is 12.6. The Hall–Kier alpha value is -2.40. The van der Waals surface area contributed by atoms with Gasteiger partial charge in [-0.25, -0.2) is 19.2 Å². The van der Waals surface area contributed by atoms with Gasteiger partial charge < -0.3 is 10.1 Å². The van der Waals surface area contributed by atoms with E-state index in [-0.39, 0.29) is 17.9 Å². The average Bonchev–Trinajstić information content (AvgIpc) is 3.30. The Morgan fingerprint density at radius 3 is 2.54 bits per heavy atom. The molecule has 11 heteroatoms. The van der Waals surface area contributed by atoms with Gasteiger partial charge >= 0.3 is 6.09 Å². The summed E-state index contributed by atoms with van der Waals surface area (Å²) in [6, 6.07) is 6.80. The fourth-order valence-electron chi connectivity index (χ4n) is 3.11. The maximum Gasteiger partial charge on any atom is 0.426 e. The summed E-state index contributed by atoms with van der Waals surface area (Å²) in [5.74, 6) is 0.587. The molecule has 0 aliphatic carbocycles. The lowest BCUT2D eigenvalue weighted by Crippen LogP contribution is -2.37. The van der Waals surface area contributed by atoms with E-state index in [2.05, 4.69) is 41.0 Å². The van der Waals surface area contributed by atoms with E-state index in [4.69, 9.17) is 16.3 Å². The van der Waals surface area contributed by atoms with Crippen molar-refractivity contribution in [2.24, 2.45) is 0 Å². The van der Waals surface area contributed by atoms with Crippen molar-refractivity contribution in [1.82, 2.24) is 14.9 Å². The van der Waals surface area contributed by atoms with Crippen LogP contribution in [0.25, 0.3) is 0 Å². The van der Waals surface area contributed by atoms with E-state index < -0.39 is 11.7 Å². The Kier molecular flexibility index (Phi) is 9.44. The number of thiazole rings is 1. The van der Waals surface area contributed by atoms with Crippen LogP contribution in [0.4, 0.5) is 20.8 Å². The molecule has 200 valence electrons. The van der Waals surface area contributed by atoms with Crippen molar-refractivity contribution in [3.8, 4) is 0 Å². The Balaban J connectivity index is 1.75. The number of aromatic nitrogens is 2. The molecule has 0 saturated heterocycles. The molecule has 0 spiro atoms. The van der Waals surface area contributed by atoms with Crippen molar-refractivity contribution < 1.29 is 13.9 Å². The number of benzene rings is 1. The number of hydrogen-bond acceptors (Lipinski definition) is 8. The number of carbonyl (C=O) groups excluding carboxylic acids is 1. The number of amides is 1. The predicted molar refractivity (Wildman–Crippen MR) is 151 cm³/mol. The molecule has 1 aromatic carbocycles. The van der Waals surface area contributed by atoms with Crippen molar-refractivity contribution in [2.75, 3.05) is 16.7 Å². The highest BCUT2D eigenvalue weighted by Crippen LogP contribution is 2.33. The summed E-state index contributed by atoms with van der Waals surface area (Å²) in [4.78, 5) is 24.3. The van der Waals surface area contributed by atoms with Gasteiger partial charge in [-0.1, -0.05) is 23.7 Å². The molecule has 3 rings (SSSR count). The second kappa shape index (κ2) is 12.0. The molecule has 2 heterocycles. The largest absolute Gasteiger partial charge is 0.443 e. The van der Waals surface area contributed by atoms with E-state index in [0.717, 1.165) is 17.5 Å². The molecule has 0 radical (unpaired) electrons. The normalized spacial score (nSPS) is 12.1. The fourth-order valence-corrected chi connectivity index (χ4v) is 4.78. The summed E-state index contributed by atoms with van der Waals surface area (Å²) in [7, 11) is 2.02. The minimum Gasteiger partial charge on any atom is -0.443 e. The van der Waals surface area contributed by atoms with E-state index in [0.29, 0.717) is 33.7 Å². The lowest BCUT2D eigenvalue weighted by molar-refractivity contribution is 0.0611. The van der Waals surface area contributed by atoms with E-state index in [1.807, 2.05) is 13.1 Å². The first-order chi connectivity index (χ1) is 17.2. The Bertz CT molecular complexity index is 1210. The smallest absolute Gasteiger partial charge is 0.426 e. The van der Waals surface area contributed by atoms with Crippen LogP contribution in [0.2, 0.25) is 5.02 Å². The topological polar surface area (TPSA) is 70.6 Å². The number of rotatable bonds is 8. The zero-order chi connectivity index (χ0) is 27.4. The van der Waals surface area contributed by atoms with Gasteiger partial charge in [0.2, 0.25) is 0 Å². The van der Waals surface area contributed by atoms with Crippen LogP contribution in [0.1, 0.15) is 52.7 Å². The number of anilines is 2. The standard InChI is InChI=1S/C26H33ClFN5O2S2/c1-25(2,3)32(7)14-17-9-8-10-21(28)19(17)13-30-23-20(27)11-18(12-29-23)37-33(22-15-36-16-31-22)24(34)35-26(4,5)6/h8-12,15-16H,13-14H2,1-7H3,(H,29,30). The maximum atomic E-state index is 14.8. The van der Waals surface area contributed by atoms with Gasteiger partial charge in [0.1, 0.15) is 17.2 Å². The van der Waals surface area contributed by atoms with E-state index >= 15 is 0 Å². The number of hydrogen-bond donors (Lipinski definition) is 1. The van der Waals surface area contributed by atoms with Gasteiger partial charge in [-0.15, -0.1) is 11.3 Å². The van der Waals surface area contributed by atoms with Gasteiger partial charge in [0.25, 0.3) is 0 Å². The zero-order valence-electron chi connectivity index (χ0n) is 22.1. The molecule has 37 heavy (non-hydrogen) atoms. The number of nitrogens with one attached hydrogen (secondary N) is 1. The number of nitrogens with zero attached hydrogens (tertiary/aromatic N) is 4. The van der Waals surface area contributed by atoms with Crippen LogP contribution >= 0.6 is 34.9 Å². The van der Waals surface area contributed by atoms with Crippen LogP contribution in [0, 0.1) is 5.82 Å². The molecule has 0 aliphatic rings. The van der Waals surface area contributed by atoms with E-state index in [1.165, 1.54) is 21.7 Å². The molecule has 2 aromatic heterocycles. The third-order valence-electron chi connectivity index (χ3n) is 5.40. The number of carbonyl (C=O) groups is 1. The zero-order valence-corrected chi connectivity index (χ0v) is 24.5. The van der Waals surface area contributed by atoms with Crippen LogP contribution in [0.3, 0.4) is 0 Å². The highest BCUT2D eigenvalue weighted by molar-refractivity contribution is 8.01. The number of pyridine rings is 1. The second-order valence-corrected chi connectivity index (χ2v) is 12.6. The van der Waals surface area contributed by atoms with Crippen LogP contribution in [0.15, 0.2) is 46.2 Å². The van der Waals surface area contributed by atoms with Crippen molar-refractivity contribution in [3.63, 3.8) is 0 Å². The third kappa shape index (κ3) is 8.29. The summed E-state index contributed by atoms with van der Waals surface area (Å²) < 4.78 is 21.7. The van der Waals surface area contributed by atoms with Gasteiger partial charge in [0.15, 0.2) is 5.82 Å². The lowest BCUT2D eigenvalue weighted by Gasteiger charge is -2.32. The molecule has 7 nitrogen and oxygen atoms in total. The Morgan fingerprint density at radius 1 is 1.22 bits per heavy atom. The number of halogens is 2. The summed E-state index contributed by atoms with van der Waals surface area (Å²) in [5, 5.41) is 5.26. The Morgan fingerprint density at radius 2 is 1.95 bits per heavy atom. The summed E-state index contributed by atoms with van der Waals surface area (Å²) in [6.07, 6.45) is 1.05. The van der Waals surface area contributed by atoms with Crippen molar-refractivity contribution in [2.45, 2.75) is 70.7 Å². The first kappa shape index (κ1) is 29.2. The average molecular weight is 566 g/mol. The monoisotopic (exact) mass is 565 g/mol. The SMILES string of the molecule is CN(Cc1cccc(F)c1CNc1ncc(SN(C(=O)OC(C)(C)C)c2cscn2)cc1Cl)C(C)(C)C. The molecule has 3 aromatic rings. The lowest BCUT2D eigenvalue weighted by atomic mass is 10.0. The molecule has 0 bridgehead atoms. The van der Waals surface area contributed by atoms with E-state index in [9.17, 15) is 9.18 Å². The predicted octanol–water partition coefficient (Wildman–Crippen LogP) is 7.62. The molecule has 0 saturated carbocycles. The molecule has 0 atom stereocenters. The molecule has 1 N–H and O–H groups in total. The first-order valence-electron chi connectivity index (χ1n) is 11.7. The van der Waals surface area contributed by atoms with Crippen molar-refractivity contribution in [3.05, 3.63) is 63.3 Å². The molecule has 1 amide bonds. The summed E-state index contributed by atoms with van der Waals surface area (Å²) in [5.41, 5.74) is 2.38. The van der Waals surface area contributed by atoms with Gasteiger partial charge in [-0.05, 0) is 66.3 Å². The quantitative estimate of drug-likeness (QED) is 0.282. The van der Waals surface area contributed by atoms with Gasteiger partial charge in [-0.2, -0.15) is 4.31 Å². The first-order valence-corrected chi connectivity index (χ1v) is 13.8. The highest BCUT2D eigenvalue weighted by atomic mass is 35.5. The minimum absolute atomic E-state index is 0.0545. The number of ether oxygens (including phenoxy) is 1. The van der Waals surface area contributed by atoms with Gasteiger partial charge in [-0.3, -0.25) is 4.90 Å². The van der Waals surface area contributed by atoms with Crippen molar-refractivity contribution >= 4 is 52.6 Å². The van der Waals surface area contributed by atoms with Gasteiger partial charge in [0, 0.05) is 52.6 Å². The van der Waals surface area contributed by atoms with Crippen molar-refractivity contribution in [1.29, 1.82) is 0 Å². The Labute approximate surface area is 231 Å². The van der Waals surface area contributed by atoms with Crippen LogP contribution in [-0.4, -0.2) is 39.1 Å². The molecular formula is C26H33ClFN5O2S2. The molecule has 0 aliphatic heterocycles.